The first-order valence-corrected chi connectivity index (χ1v) is 5.44. The predicted molar refractivity (Wildman–Crippen MR) is 53.6 cm³/mol. The third-order valence-corrected chi connectivity index (χ3v) is 4.00. The fraction of sp³-hybridized carbons (Fsp3) is 0.909. The zero-order valence-corrected chi connectivity index (χ0v) is 8.79. The molecule has 14 heavy (non-hydrogen) atoms. The molecule has 1 saturated heterocycles. The molecule has 0 bridgehead atoms. The molecule has 1 atom stereocenters. The highest BCUT2D eigenvalue weighted by molar-refractivity contribution is 5.16. The second-order valence-corrected chi connectivity index (χ2v) is 4.92. The van der Waals surface area contributed by atoms with Gasteiger partial charge in [0.2, 0.25) is 0 Å². The van der Waals surface area contributed by atoms with Crippen molar-refractivity contribution in [1.29, 1.82) is 5.26 Å². The number of nitrogens with zero attached hydrogens (tertiary/aromatic N) is 2. The summed E-state index contributed by atoms with van der Waals surface area (Å²) in [6.07, 6.45) is 4.72. The number of likely N-dealkylation sites (N-methyl/N-ethyl adjacent to an activating group) is 1. The minimum absolute atomic E-state index is 0.447. The van der Waals surface area contributed by atoms with Crippen LogP contribution in [0.25, 0.3) is 0 Å². The second-order valence-electron chi connectivity index (χ2n) is 4.92. The highest BCUT2D eigenvalue weighted by Crippen LogP contribution is 2.49. The highest BCUT2D eigenvalue weighted by Gasteiger charge is 2.54. The van der Waals surface area contributed by atoms with E-state index >= 15 is 0 Å². The summed E-state index contributed by atoms with van der Waals surface area (Å²) in [7, 11) is 2.01. The summed E-state index contributed by atoms with van der Waals surface area (Å²) < 4.78 is 0. The van der Waals surface area contributed by atoms with Crippen molar-refractivity contribution in [1.82, 2.24) is 4.90 Å². The molecule has 2 rings (SSSR count). The molecule has 1 heterocycles. The molecule has 0 spiro atoms. The molecule has 3 heteroatoms. The van der Waals surface area contributed by atoms with Crippen LogP contribution in [0, 0.1) is 16.7 Å². The fourth-order valence-corrected chi connectivity index (χ4v) is 3.03. The van der Waals surface area contributed by atoms with E-state index in [2.05, 4.69) is 11.0 Å². The molecule has 78 valence electrons. The van der Waals surface area contributed by atoms with Gasteiger partial charge in [0.15, 0.2) is 0 Å². The second kappa shape index (κ2) is 3.22. The van der Waals surface area contributed by atoms with Crippen LogP contribution in [0.1, 0.15) is 32.1 Å². The number of rotatable bonds is 1. The summed E-state index contributed by atoms with van der Waals surface area (Å²) in [6.45, 7) is 1.58. The van der Waals surface area contributed by atoms with Crippen molar-refractivity contribution in [2.24, 2.45) is 5.41 Å². The van der Waals surface area contributed by atoms with Crippen LogP contribution in [0.4, 0.5) is 0 Å². The van der Waals surface area contributed by atoms with Crippen LogP contribution in [0.2, 0.25) is 0 Å². The maximum atomic E-state index is 10.5. The Balaban J connectivity index is 2.24. The van der Waals surface area contributed by atoms with Crippen molar-refractivity contribution in [2.75, 3.05) is 20.1 Å². The van der Waals surface area contributed by atoms with Gasteiger partial charge in [-0.25, -0.2) is 0 Å². The monoisotopic (exact) mass is 194 g/mol. The minimum Gasteiger partial charge on any atom is -0.387 e. The number of likely N-dealkylation sites (tertiary alicyclic amines) is 1. The number of β-amino-alcohol motifs (C(OH)–C–C–N with tert-alkyl or cyclic N) is 1. The Morgan fingerprint density at radius 1 is 1.29 bits per heavy atom. The Hall–Kier alpha value is -0.590. The van der Waals surface area contributed by atoms with Crippen LogP contribution in [0.15, 0.2) is 0 Å². The number of nitriles is 1. The Labute approximate surface area is 85.3 Å². The predicted octanol–water partition coefficient (Wildman–Crippen LogP) is 1.14. The van der Waals surface area contributed by atoms with Crippen molar-refractivity contribution in [3.63, 3.8) is 0 Å². The topological polar surface area (TPSA) is 47.3 Å². The molecule has 0 aromatic heterocycles. The van der Waals surface area contributed by atoms with Crippen molar-refractivity contribution in [3.8, 4) is 6.07 Å². The molecule has 1 aliphatic carbocycles. The Morgan fingerprint density at radius 3 is 2.36 bits per heavy atom. The summed E-state index contributed by atoms with van der Waals surface area (Å²) >= 11 is 0. The molecule has 0 aromatic rings. The highest BCUT2D eigenvalue weighted by atomic mass is 16.3. The first-order chi connectivity index (χ1) is 6.62. The number of hydrogen-bond acceptors (Lipinski definition) is 3. The first kappa shape index (κ1) is 9.95. The quantitative estimate of drug-likeness (QED) is 0.681. The third-order valence-electron chi connectivity index (χ3n) is 4.00. The Kier molecular flexibility index (Phi) is 2.29. The maximum Gasteiger partial charge on any atom is 0.0971 e. The van der Waals surface area contributed by atoms with Crippen molar-refractivity contribution >= 4 is 0 Å². The molecule has 2 fully saturated rings. The standard InChI is InChI=1S/C11H18N2O/c1-13-7-6-11(14,9-13)10(8-12)4-2-3-5-10/h14H,2-7,9H2,1H3. The van der Waals surface area contributed by atoms with E-state index in [-0.39, 0.29) is 0 Å². The average Bonchev–Trinajstić information content (AvgIpc) is 2.74. The maximum absolute atomic E-state index is 10.5. The molecule has 1 saturated carbocycles. The third kappa shape index (κ3) is 1.25. The van der Waals surface area contributed by atoms with Crippen molar-refractivity contribution in [2.45, 2.75) is 37.7 Å². The first-order valence-electron chi connectivity index (χ1n) is 5.44. The van der Waals surface area contributed by atoms with E-state index in [1.807, 2.05) is 7.05 Å². The molecular formula is C11H18N2O. The Morgan fingerprint density at radius 2 is 1.93 bits per heavy atom. The number of hydrogen-bond donors (Lipinski definition) is 1. The van der Waals surface area contributed by atoms with E-state index in [1.54, 1.807) is 0 Å². The summed E-state index contributed by atoms with van der Waals surface area (Å²) in [6, 6.07) is 2.40. The van der Waals surface area contributed by atoms with Gasteiger partial charge in [-0.2, -0.15) is 5.26 Å². The largest absolute Gasteiger partial charge is 0.387 e. The van der Waals surface area contributed by atoms with E-state index in [0.717, 1.165) is 38.6 Å². The smallest absolute Gasteiger partial charge is 0.0971 e. The van der Waals surface area contributed by atoms with Gasteiger partial charge in [0.05, 0.1) is 17.1 Å². The van der Waals surface area contributed by atoms with Gasteiger partial charge < -0.3 is 10.0 Å². The summed E-state index contributed by atoms with van der Waals surface area (Å²) in [4.78, 5) is 2.12. The molecule has 0 radical (unpaired) electrons. The van der Waals surface area contributed by atoms with Gasteiger partial charge in [-0.1, -0.05) is 12.8 Å². The van der Waals surface area contributed by atoms with E-state index in [4.69, 9.17) is 0 Å². The zero-order valence-electron chi connectivity index (χ0n) is 8.79. The fourth-order valence-electron chi connectivity index (χ4n) is 3.03. The lowest BCUT2D eigenvalue weighted by molar-refractivity contribution is -0.0415. The molecular weight excluding hydrogens is 176 g/mol. The van der Waals surface area contributed by atoms with E-state index in [9.17, 15) is 10.4 Å². The molecule has 2 aliphatic rings. The lowest BCUT2D eigenvalue weighted by atomic mass is 9.71. The Bertz CT molecular complexity index is 265. The SMILES string of the molecule is CN1CCC(O)(C2(C#N)CCCC2)C1. The van der Waals surface area contributed by atoms with Gasteiger partial charge in [0.1, 0.15) is 0 Å². The van der Waals surface area contributed by atoms with Crippen LogP contribution in [-0.4, -0.2) is 35.7 Å². The average molecular weight is 194 g/mol. The van der Waals surface area contributed by atoms with E-state index in [0.29, 0.717) is 6.54 Å². The van der Waals surface area contributed by atoms with Crippen LogP contribution in [0.5, 0.6) is 0 Å². The van der Waals surface area contributed by atoms with E-state index < -0.39 is 11.0 Å². The molecule has 1 N–H and O–H groups in total. The summed E-state index contributed by atoms with van der Waals surface area (Å²) in [5.41, 5.74) is -1.19. The van der Waals surface area contributed by atoms with Gasteiger partial charge >= 0.3 is 0 Å². The van der Waals surface area contributed by atoms with E-state index in [1.165, 1.54) is 0 Å². The molecule has 1 aliphatic heterocycles. The van der Waals surface area contributed by atoms with Gasteiger partial charge in [0, 0.05) is 13.1 Å². The van der Waals surface area contributed by atoms with Crippen LogP contribution in [-0.2, 0) is 0 Å². The van der Waals surface area contributed by atoms with Crippen LogP contribution >= 0.6 is 0 Å². The van der Waals surface area contributed by atoms with Gasteiger partial charge in [0.25, 0.3) is 0 Å². The van der Waals surface area contributed by atoms with Gasteiger partial charge in [-0.05, 0) is 26.3 Å². The van der Waals surface area contributed by atoms with Crippen molar-refractivity contribution in [3.05, 3.63) is 0 Å². The number of aliphatic hydroxyl groups is 1. The molecule has 3 nitrogen and oxygen atoms in total. The van der Waals surface area contributed by atoms with Gasteiger partial charge in [-0.15, -0.1) is 0 Å². The lowest BCUT2D eigenvalue weighted by Crippen LogP contribution is -2.47. The summed E-state index contributed by atoms with van der Waals surface area (Å²) in [5, 5.41) is 19.8. The van der Waals surface area contributed by atoms with Gasteiger partial charge in [-0.3, -0.25) is 0 Å². The lowest BCUT2D eigenvalue weighted by Gasteiger charge is -2.37. The molecule has 0 aromatic carbocycles. The summed E-state index contributed by atoms with van der Waals surface area (Å²) in [5.74, 6) is 0. The van der Waals surface area contributed by atoms with Crippen LogP contribution in [0.3, 0.4) is 0 Å². The minimum atomic E-state index is -0.743. The molecule has 0 amide bonds. The zero-order chi connectivity index (χ0) is 10.2. The molecule has 1 unspecified atom stereocenters. The van der Waals surface area contributed by atoms with Crippen molar-refractivity contribution < 1.29 is 5.11 Å². The normalized spacial score (nSPS) is 37.2. The van der Waals surface area contributed by atoms with Crippen LogP contribution < -0.4 is 0 Å².